The van der Waals surface area contributed by atoms with Gasteiger partial charge in [-0.15, -0.1) is 0 Å². The summed E-state index contributed by atoms with van der Waals surface area (Å²) in [5.74, 6) is 0.293. The van der Waals surface area contributed by atoms with Gasteiger partial charge in [-0.3, -0.25) is 9.40 Å². The Morgan fingerprint density at radius 2 is 2.10 bits per heavy atom. The van der Waals surface area contributed by atoms with Crippen molar-refractivity contribution in [2.75, 3.05) is 11.8 Å². The second-order valence-corrected chi connectivity index (χ2v) is 7.18. The number of rotatable bonds is 5. The lowest BCUT2D eigenvalue weighted by Gasteiger charge is -2.12. The number of nitrogens with zero attached hydrogens (tertiary/aromatic N) is 2. The molecule has 0 aliphatic heterocycles. The molecule has 2 aromatic rings. The zero-order valence-corrected chi connectivity index (χ0v) is 14.4. The van der Waals surface area contributed by atoms with Gasteiger partial charge in [-0.05, 0) is 47.1 Å². The van der Waals surface area contributed by atoms with Crippen LogP contribution >= 0.6 is 15.9 Å². The molecule has 1 aromatic carbocycles. The fourth-order valence-corrected chi connectivity index (χ4v) is 4.04. The van der Waals surface area contributed by atoms with Gasteiger partial charge in [0.25, 0.3) is 10.0 Å². The zero-order chi connectivity index (χ0) is 15.6. The summed E-state index contributed by atoms with van der Waals surface area (Å²) in [6.45, 7) is 2.46. The quantitative estimate of drug-likeness (QED) is 0.841. The highest BCUT2D eigenvalue weighted by Crippen LogP contribution is 2.28. The third kappa shape index (κ3) is 3.63. The van der Waals surface area contributed by atoms with Gasteiger partial charge in [0, 0.05) is 30.3 Å². The first-order valence-corrected chi connectivity index (χ1v) is 8.57. The number of nitrogens with one attached hydrogen (secondary N) is 2. The molecular formula is C13H17BrN4O2S. The molecule has 0 aliphatic rings. The summed E-state index contributed by atoms with van der Waals surface area (Å²) in [5.41, 5.74) is 1.77. The van der Waals surface area contributed by atoms with E-state index in [1.807, 2.05) is 20.0 Å². The van der Waals surface area contributed by atoms with Crippen LogP contribution in [0.1, 0.15) is 11.1 Å². The minimum Gasteiger partial charge on any atom is -0.316 e. The van der Waals surface area contributed by atoms with Gasteiger partial charge in [-0.25, -0.2) is 8.42 Å². The van der Waals surface area contributed by atoms with Crippen LogP contribution in [0.15, 0.2) is 33.8 Å². The Bertz CT molecular complexity index is 756. The van der Waals surface area contributed by atoms with E-state index in [-0.39, 0.29) is 4.90 Å². The van der Waals surface area contributed by atoms with Crippen LogP contribution in [0, 0.1) is 6.92 Å². The molecule has 1 aromatic heterocycles. The summed E-state index contributed by atoms with van der Waals surface area (Å²) in [6, 6.07) is 5.20. The summed E-state index contributed by atoms with van der Waals surface area (Å²) in [6.07, 6.45) is 1.68. The third-order valence-corrected chi connectivity index (χ3v) is 5.60. The minimum absolute atomic E-state index is 0.207. The Kier molecular flexibility index (Phi) is 4.70. The molecule has 0 amide bonds. The van der Waals surface area contributed by atoms with Gasteiger partial charge < -0.3 is 5.32 Å². The molecule has 0 bridgehead atoms. The summed E-state index contributed by atoms with van der Waals surface area (Å²) in [4.78, 5) is 0.207. The molecule has 0 saturated heterocycles. The predicted molar refractivity (Wildman–Crippen MR) is 85.7 cm³/mol. The molecule has 0 radical (unpaired) electrons. The van der Waals surface area contributed by atoms with Gasteiger partial charge in [0.15, 0.2) is 5.82 Å². The molecule has 2 N–H and O–H groups in total. The molecular weight excluding hydrogens is 356 g/mol. The van der Waals surface area contributed by atoms with Crippen LogP contribution in [0.25, 0.3) is 0 Å². The number of sulfonamides is 1. The van der Waals surface area contributed by atoms with Gasteiger partial charge in [0.1, 0.15) is 4.90 Å². The highest BCUT2D eigenvalue weighted by molar-refractivity contribution is 9.10. The molecule has 6 nitrogen and oxygen atoms in total. The molecule has 114 valence electrons. The van der Waals surface area contributed by atoms with E-state index in [0.29, 0.717) is 16.8 Å². The Morgan fingerprint density at radius 3 is 2.67 bits per heavy atom. The van der Waals surface area contributed by atoms with Crippen LogP contribution in [0.5, 0.6) is 0 Å². The molecule has 0 fully saturated rings. The monoisotopic (exact) mass is 372 g/mol. The predicted octanol–water partition coefficient (Wildman–Crippen LogP) is 2.01. The second-order valence-electron chi connectivity index (χ2n) is 4.74. The van der Waals surface area contributed by atoms with Gasteiger partial charge >= 0.3 is 0 Å². The largest absolute Gasteiger partial charge is 0.316 e. The van der Waals surface area contributed by atoms with Crippen molar-refractivity contribution in [3.8, 4) is 0 Å². The van der Waals surface area contributed by atoms with Crippen LogP contribution in [-0.4, -0.2) is 25.2 Å². The maximum Gasteiger partial charge on any atom is 0.264 e. The van der Waals surface area contributed by atoms with Crippen LogP contribution in [0.3, 0.4) is 0 Å². The van der Waals surface area contributed by atoms with E-state index in [9.17, 15) is 8.42 Å². The van der Waals surface area contributed by atoms with E-state index < -0.39 is 10.0 Å². The fraction of sp³-hybridized carbons (Fsp3) is 0.308. The van der Waals surface area contributed by atoms with Crippen molar-refractivity contribution in [3.63, 3.8) is 0 Å². The number of anilines is 1. The van der Waals surface area contributed by atoms with Crippen LogP contribution < -0.4 is 10.0 Å². The van der Waals surface area contributed by atoms with Gasteiger partial charge in [0.2, 0.25) is 0 Å². The van der Waals surface area contributed by atoms with E-state index >= 15 is 0 Å². The van der Waals surface area contributed by atoms with Crippen LogP contribution in [0.4, 0.5) is 5.82 Å². The summed E-state index contributed by atoms with van der Waals surface area (Å²) < 4.78 is 29.6. The van der Waals surface area contributed by atoms with Gasteiger partial charge in [0.05, 0.1) is 0 Å². The Balaban J connectivity index is 2.43. The molecule has 0 saturated carbocycles. The normalized spacial score (nSPS) is 11.6. The number of hydrogen-bond donors (Lipinski definition) is 2. The first-order chi connectivity index (χ1) is 9.83. The summed E-state index contributed by atoms with van der Waals surface area (Å²) in [7, 11) is -0.150. The Morgan fingerprint density at radius 1 is 1.38 bits per heavy atom. The number of benzene rings is 1. The summed E-state index contributed by atoms with van der Waals surface area (Å²) in [5, 5.41) is 7.05. The van der Waals surface area contributed by atoms with Crippen LogP contribution in [-0.2, 0) is 23.6 Å². The van der Waals surface area contributed by atoms with E-state index in [1.54, 1.807) is 25.4 Å². The number of halogens is 1. The standard InChI is InChI=1S/C13H17BrN4O2S/c1-9-6-10(8-15-2)7-11(13(9)14)21(19,20)17-12-4-5-18(3)16-12/h4-7,15H,8H2,1-3H3,(H,16,17). The average molecular weight is 373 g/mol. The first-order valence-electron chi connectivity index (χ1n) is 6.29. The molecule has 8 heteroatoms. The maximum absolute atomic E-state index is 12.5. The molecule has 0 aliphatic carbocycles. The van der Waals surface area contributed by atoms with E-state index in [1.165, 1.54) is 4.68 Å². The molecule has 21 heavy (non-hydrogen) atoms. The van der Waals surface area contributed by atoms with Crippen molar-refractivity contribution in [1.29, 1.82) is 0 Å². The first kappa shape index (κ1) is 16.0. The topological polar surface area (TPSA) is 76.0 Å². The van der Waals surface area contributed by atoms with Crippen LogP contribution in [0.2, 0.25) is 0 Å². The molecule has 1 heterocycles. The van der Waals surface area contributed by atoms with E-state index in [0.717, 1.165) is 11.1 Å². The number of aryl methyl sites for hydroxylation is 2. The highest BCUT2D eigenvalue weighted by Gasteiger charge is 2.21. The van der Waals surface area contributed by atoms with Gasteiger partial charge in [-0.1, -0.05) is 6.07 Å². The number of hydrogen-bond acceptors (Lipinski definition) is 4. The molecule has 0 atom stereocenters. The van der Waals surface area contributed by atoms with Crippen molar-refractivity contribution in [3.05, 3.63) is 40.0 Å². The van der Waals surface area contributed by atoms with Crippen molar-refractivity contribution >= 4 is 31.8 Å². The zero-order valence-electron chi connectivity index (χ0n) is 12.0. The molecule has 2 rings (SSSR count). The lowest BCUT2D eigenvalue weighted by molar-refractivity contribution is 0.600. The van der Waals surface area contributed by atoms with Crippen molar-refractivity contribution < 1.29 is 8.42 Å². The van der Waals surface area contributed by atoms with Crippen molar-refractivity contribution in [1.82, 2.24) is 15.1 Å². The minimum atomic E-state index is -3.69. The summed E-state index contributed by atoms with van der Waals surface area (Å²) >= 11 is 3.35. The van der Waals surface area contributed by atoms with E-state index in [2.05, 4.69) is 31.1 Å². The number of aromatic nitrogens is 2. The SMILES string of the molecule is CNCc1cc(C)c(Br)c(S(=O)(=O)Nc2ccn(C)n2)c1. The molecule has 0 unspecified atom stereocenters. The Labute approximate surface area is 132 Å². The maximum atomic E-state index is 12.5. The lowest BCUT2D eigenvalue weighted by Crippen LogP contribution is -2.16. The smallest absolute Gasteiger partial charge is 0.264 e. The van der Waals surface area contributed by atoms with Gasteiger partial charge in [-0.2, -0.15) is 5.10 Å². The highest BCUT2D eigenvalue weighted by atomic mass is 79.9. The van der Waals surface area contributed by atoms with E-state index in [4.69, 9.17) is 0 Å². The fourth-order valence-electron chi connectivity index (χ4n) is 1.97. The Hall–Kier alpha value is -1.38. The molecule has 0 spiro atoms. The van der Waals surface area contributed by atoms with Crippen molar-refractivity contribution in [2.45, 2.75) is 18.4 Å². The average Bonchev–Trinajstić information content (AvgIpc) is 2.78. The van der Waals surface area contributed by atoms with Crippen molar-refractivity contribution in [2.24, 2.45) is 7.05 Å². The third-order valence-electron chi connectivity index (χ3n) is 2.90. The second kappa shape index (κ2) is 6.17. The lowest BCUT2D eigenvalue weighted by atomic mass is 10.1.